The molecular formula is C19H16ClF2NO4. The second-order valence-corrected chi connectivity index (χ2v) is 5.83. The third-order valence-electron chi connectivity index (χ3n) is 3.33. The number of ether oxygens (including phenoxy) is 2. The Hall–Kier alpha value is -2.93. The van der Waals surface area contributed by atoms with Crippen LogP contribution in [-0.4, -0.2) is 25.1 Å². The lowest BCUT2D eigenvalue weighted by Crippen LogP contribution is -2.20. The van der Waals surface area contributed by atoms with Gasteiger partial charge in [-0.15, -0.1) is 0 Å². The molecule has 0 aliphatic heterocycles. The van der Waals surface area contributed by atoms with Crippen molar-refractivity contribution in [3.8, 4) is 5.75 Å². The number of hydrogen-bond acceptors (Lipinski definition) is 4. The number of benzene rings is 2. The molecule has 2 aromatic rings. The molecule has 2 rings (SSSR count). The van der Waals surface area contributed by atoms with E-state index >= 15 is 0 Å². The summed E-state index contributed by atoms with van der Waals surface area (Å²) in [7, 11) is 0. The quantitative estimate of drug-likeness (QED) is 0.556. The average molecular weight is 396 g/mol. The van der Waals surface area contributed by atoms with Crippen LogP contribution in [0.4, 0.5) is 14.5 Å². The van der Waals surface area contributed by atoms with Gasteiger partial charge in [0.15, 0.2) is 6.61 Å². The van der Waals surface area contributed by atoms with Crippen LogP contribution in [0, 0.1) is 6.92 Å². The van der Waals surface area contributed by atoms with Crippen LogP contribution in [0.25, 0.3) is 6.08 Å². The fourth-order valence-electron chi connectivity index (χ4n) is 2.06. The zero-order valence-corrected chi connectivity index (χ0v) is 15.0. The first-order valence-electron chi connectivity index (χ1n) is 7.79. The number of aryl methyl sites for hydroxylation is 1. The molecule has 27 heavy (non-hydrogen) atoms. The maximum atomic E-state index is 12.1. The molecule has 5 nitrogen and oxygen atoms in total. The molecule has 0 atom stereocenters. The van der Waals surface area contributed by atoms with Crippen molar-refractivity contribution in [3.63, 3.8) is 0 Å². The topological polar surface area (TPSA) is 64.6 Å². The lowest BCUT2D eigenvalue weighted by atomic mass is 10.2. The van der Waals surface area contributed by atoms with Crippen LogP contribution in [0.5, 0.6) is 5.75 Å². The molecule has 0 saturated carbocycles. The molecule has 0 saturated heterocycles. The highest BCUT2D eigenvalue weighted by atomic mass is 35.5. The minimum absolute atomic E-state index is 0.0129. The van der Waals surface area contributed by atoms with Crippen LogP contribution in [-0.2, 0) is 14.3 Å². The lowest BCUT2D eigenvalue weighted by Gasteiger charge is -2.08. The SMILES string of the molecule is Cc1cc(Cl)ccc1NC(=O)COC(=O)/C=C/c1ccc(OC(F)F)cc1. The second-order valence-electron chi connectivity index (χ2n) is 5.40. The first-order valence-corrected chi connectivity index (χ1v) is 8.17. The lowest BCUT2D eigenvalue weighted by molar-refractivity contribution is -0.142. The predicted molar refractivity (Wildman–Crippen MR) is 97.9 cm³/mol. The molecule has 1 N–H and O–H groups in total. The van der Waals surface area contributed by atoms with Crippen LogP contribution in [0.15, 0.2) is 48.5 Å². The van der Waals surface area contributed by atoms with E-state index in [1.807, 2.05) is 0 Å². The van der Waals surface area contributed by atoms with Gasteiger partial charge >= 0.3 is 12.6 Å². The van der Waals surface area contributed by atoms with Gasteiger partial charge in [0.05, 0.1) is 0 Å². The number of amides is 1. The van der Waals surface area contributed by atoms with E-state index in [1.165, 1.54) is 30.3 Å². The molecular weight excluding hydrogens is 380 g/mol. The number of nitrogens with one attached hydrogen (secondary N) is 1. The molecule has 8 heteroatoms. The largest absolute Gasteiger partial charge is 0.452 e. The summed E-state index contributed by atoms with van der Waals surface area (Å²) in [6, 6.07) is 10.7. The van der Waals surface area contributed by atoms with Gasteiger partial charge in [-0.3, -0.25) is 4.79 Å². The van der Waals surface area contributed by atoms with Crippen LogP contribution < -0.4 is 10.1 Å². The van der Waals surface area contributed by atoms with Crippen molar-refractivity contribution in [2.75, 3.05) is 11.9 Å². The van der Waals surface area contributed by atoms with Gasteiger partial charge in [-0.1, -0.05) is 23.7 Å². The fourth-order valence-corrected chi connectivity index (χ4v) is 2.29. The summed E-state index contributed by atoms with van der Waals surface area (Å²) in [6.07, 6.45) is 2.56. The normalized spacial score (nSPS) is 10.9. The van der Waals surface area contributed by atoms with Gasteiger partial charge < -0.3 is 14.8 Å². The van der Waals surface area contributed by atoms with Gasteiger partial charge in [-0.25, -0.2) is 4.79 Å². The number of alkyl halides is 2. The maximum Gasteiger partial charge on any atom is 0.387 e. The Bertz CT molecular complexity index is 838. The van der Waals surface area contributed by atoms with Gasteiger partial charge in [0.2, 0.25) is 0 Å². The summed E-state index contributed by atoms with van der Waals surface area (Å²) < 4.78 is 33.2. The molecule has 0 aliphatic carbocycles. The predicted octanol–water partition coefficient (Wildman–Crippen LogP) is 4.44. The summed E-state index contributed by atoms with van der Waals surface area (Å²) in [5, 5.41) is 3.17. The summed E-state index contributed by atoms with van der Waals surface area (Å²) in [5.74, 6) is -1.19. The molecule has 0 radical (unpaired) electrons. The first-order chi connectivity index (χ1) is 12.8. The number of carbonyl (C=O) groups is 2. The van der Waals surface area contributed by atoms with Crippen LogP contribution >= 0.6 is 11.6 Å². The molecule has 0 bridgehead atoms. The van der Waals surface area contributed by atoms with E-state index in [-0.39, 0.29) is 5.75 Å². The Kier molecular flexibility index (Phi) is 7.31. The van der Waals surface area contributed by atoms with Gasteiger partial charge in [-0.05, 0) is 54.5 Å². The van der Waals surface area contributed by atoms with Crippen LogP contribution in [0.1, 0.15) is 11.1 Å². The van der Waals surface area contributed by atoms with Crippen molar-refractivity contribution in [3.05, 3.63) is 64.7 Å². The Labute approximate surface area is 159 Å². The minimum atomic E-state index is -2.90. The van der Waals surface area contributed by atoms with Gasteiger partial charge in [0.1, 0.15) is 5.75 Å². The summed E-state index contributed by atoms with van der Waals surface area (Å²) in [5.41, 5.74) is 1.93. The summed E-state index contributed by atoms with van der Waals surface area (Å²) in [4.78, 5) is 23.5. The smallest absolute Gasteiger partial charge is 0.387 e. The maximum absolute atomic E-state index is 12.1. The van der Waals surface area contributed by atoms with Crippen molar-refractivity contribution in [2.24, 2.45) is 0 Å². The molecule has 0 unspecified atom stereocenters. The molecule has 2 aromatic carbocycles. The fraction of sp³-hybridized carbons (Fsp3) is 0.158. The summed E-state index contributed by atoms with van der Waals surface area (Å²) in [6.45, 7) is -1.57. The highest BCUT2D eigenvalue weighted by molar-refractivity contribution is 6.30. The summed E-state index contributed by atoms with van der Waals surface area (Å²) >= 11 is 5.84. The van der Waals surface area contributed by atoms with Crippen molar-refractivity contribution >= 4 is 35.2 Å². The zero-order chi connectivity index (χ0) is 19.8. The Morgan fingerprint density at radius 1 is 1.19 bits per heavy atom. The van der Waals surface area contributed by atoms with Gasteiger partial charge in [0.25, 0.3) is 5.91 Å². The first kappa shape index (κ1) is 20.4. The molecule has 0 heterocycles. The molecule has 0 spiro atoms. The number of esters is 1. The van der Waals surface area contributed by atoms with E-state index in [0.29, 0.717) is 16.3 Å². The van der Waals surface area contributed by atoms with E-state index in [4.69, 9.17) is 16.3 Å². The van der Waals surface area contributed by atoms with E-state index in [1.54, 1.807) is 25.1 Å². The van der Waals surface area contributed by atoms with Crippen LogP contribution in [0.2, 0.25) is 5.02 Å². The van der Waals surface area contributed by atoms with E-state index in [2.05, 4.69) is 10.1 Å². The Balaban J connectivity index is 1.81. The highest BCUT2D eigenvalue weighted by Crippen LogP contribution is 2.19. The van der Waals surface area contributed by atoms with Crippen molar-refractivity contribution in [1.82, 2.24) is 0 Å². The van der Waals surface area contributed by atoms with Gasteiger partial charge in [0, 0.05) is 16.8 Å². The number of hydrogen-bond donors (Lipinski definition) is 1. The standard InChI is InChI=1S/C19H16ClF2NO4/c1-12-10-14(20)5-8-16(12)23-17(24)11-26-18(25)9-4-13-2-6-15(7-3-13)27-19(21)22/h2-10,19H,11H2,1H3,(H,23,24)/b9-4+. The van der Waals surface area contributed by atoms with E-state index < -0.39 is 25.1 Å². The monoisotopic (exact) mass is 395 g/mol. The van der Waals surface area contributed by atoms with Crippen molar-refractivity contribution in [2.45, 2.75) is 13.5 Å². The number of halogens is 3. The third kappa shape index (κ3) is 7.07. The minimum Gasteiger partial charge on any atom is -0.452 e. The molecule has 1 amide bonds. The van der Waals surface area contributed by atoms with Crippen LogP contribution in [0.3, 0.4) is 0 Å². The van der Waals surface area contributed by atoms with E-state index in [0.717, 1.165) is 11.6 Å². The van der Waals surface area contributed by atoms with Crippen molar-refractivity contribution in [1.29, 1.82) is 0 Å². The molecule has 0 aliphatic rings. The number of carbonyl (C=O) groups excluding carboxylic acids is 2. The second kappa shape index (κ2) is 9.68. The van der Waals surface area contributed by atoms with Crippen molar-refractivity contribution < 1.29 is 27.8 Å². The average Bonchev–Trinajstić information content (AvgIpc) is 2.61. The molecule has 0 aromatic heterocycles. The zero-order valence-electron chi connectivity index (χ0n) is 14.2. The number of rotatable bonds is 7. The number of anilines is 1. The third-order valence-corrected chi connectivity index (χ3v) is 3.56. The highest BCUT2D eigenvalue weighted by Gasteiger charge is 2.08. The Morgan fingerprint density at radius 2 is 1.89 bits per heavy atom. The van der Waals surface area contributed by atoms with Gasteiger partial charge in [-0.2, -0.15) is 8.78 Å². The molecule has 142 valence electrons. The Morgan fingerprint density at radius 3 is 2.52 bits per heavy atom. The van der Waals surface area contributed by atoms with E-state index in [9.17, 15) is 18.4 Å². The molecule has 0 fully saturated rings.